The van der Waals surface area contributed by atoms with Crippen LogP contribution in [-0.4, -0.2) is 8.76 Å². The molecule has 1 heterocycles. The average Bonchev–Trinajstić information content (AvgIpc) is 2.10. The standard InChI is InChI=1S/C5H5ClO2S2/c1-3-2-4(10(7)8)5(6)9-3/h2H,1H3,(H,7,8). The number of halogens is 1. The maximum absolute atomic E-state index is 10.5. The zero-order valence-corrected chi connectivity index (χ0v) is 7.52. The van der Waals surface area contributed by atoms with Crippen molar-refractivity contribution in [3.63, 3.8) is 0 Å². The fraction of sp³-hybridized carbons (Fsp3) is 0.200. The fourth-order valence-corrected chi connectivity index (χ4v) is 2.65. The van der Waals surface area contributed by atoms with Crippen molar-refractivity contribution in [1.82, 2.24) is 0 Å². The topological polar surface area (TPSA) is 37.3 Å². The van der Waals surface area contributed by atoms with Crippen molar-refractivity contribution >= 4 is 34.0 Å². The number of hydrogen-bond donors (Lipinski definition) is 1. The summed E-state index contributed by atoms with van der Waals surface area (Å²) in [5.74, 6) is 0. The highest BCUT2D eigenvalue weighted by molar-refractivity contribution is 7.79. The van der Waals surface area contributed by atoms with E-state index in [2.05, 4.69) is 0 Å². The van der Waals surface area contributed by atoms with Gasteiger partial charge in [-0.25, -0.2) is 4.21 Å². The van der Waals surface area contributed by atoms with E-state index in [0.717, 1.165) is 4.88 Å². The second-order valence-electron chi connectivity index (χ2n) is 1.74. The molecule has 0 aromatic carbocycles. The van der Waals surface area contributed by atoms with Crippen LogP contribution in [0.1, 0.15) is 4.88 Å². The molecular formula is C5H5ClO2S2. The van der Waals surface area contributed by atoms with Gasteiger partial charge in [0.15, 0.2) is 11.1 Å². The molecule has 0 aliphatic rings. The van der Waals surface area contributed by atoms with Gasteiger partial charge in [-0.15, -0.1) is 11.3 Å². The Labute approximate surface area is 70.1 Å². The summed E-state index contributed by atoms with van der Waals surface area (Å²) in [6.45, 7) is 1.84. The van der Waals surface area contributed by atoms with Gasteiger partial charge in [0, 0.05) is 4.88 Å². The van der Waals surface area contributed by atoms with E-state index in [1.807, 2.05) is 6.92 Å². The van der Waals surface area contributed by atoms with Gasteiger partial charge < -0.3 is 4.55 Å². The van der Waals surface area contributed by atoms with Crippen LogP contribution >= 0.6 is 22.9 Å². The monoisotopic (exact) mass is 196 g/mol. The van der Waals surface area contributed by atoms with E-state index in [4.69, 9.17) is 16.2 Å². The summed E-state index contributed by atoms with van der Waals surface area (Å²) in [6, 6.07) is 1.61. The lowest BCUT2D eigenvalue weighted by atomic mass is 10.5. The lowest BCUT2D eigenvalue weighted by Gasteiger charge is -1.85. The van der Waals surface area contributed by atoms with E-state index >= 15 is 0 Å². The average molecular weight is 197 g/mol. The molecule has 0 amide bonds. The molecule has 0 spiro atoms. The minimum absolute atomic E-state index is 0.309. The Bertz CT molecular complexity index is 269. The Morgan fingerprint density at radius 3 is 2.60 bits per heavy atom. The van der Waals surface area contributed by atoms with Gasteiger partial charge in [-0.3, -0.25) is 0 Å². The third-order valence-electron chi connectivity index (χ3n) is 0.967. The molecule has 1 rings (SSSR count). The first-order valence-corrected chi connectivity index (χ1v) is 4.78. The molecule has 5 heteroatoms. The van der Waals surface area contributed by atoms with E-state index in [1.165, 1.54) is 11.3 Å². The number of aryl methyl sites for hydroxylation is 1. The summed E-state index contributed by atoms with van der Waals surface area (Å²) in [7, 11) is 0. The van der Waals surface area contributed by atoms with Crippen LogP contribution in [0.2, 0.25) is 4.34 Å². The summed E-state index contributed by atoms with van der Waals surface area (Å²) in [4.78, 5) is 1.26. The first kappa shape index (κ1) is 8.20. The Morgan fingerprint density at radius 1 is 1.80 bits per heavy atom. The van der Waals surface area contributed by atoms with Crippen molar-refractivity contribution in [2.75, 3.05) is 0 Å². The molecule has 1 N–H and O–H groups in total. The third kappa shape index (κ3) is 1.58. The highest BCUT2D eigenvalue weighted by atomic mass is 35.5. The summed E-state index contributed by atoms with van der Waals surface area (Å²) in [6.07, 6.45) is 0. The molecule has 1 unspecified atom stereocenters. The van der Waals surface area contributed by atoms with Crippen LogP contribution in [0.4, 0.5) is 0 Å². The Balaban J connectivity index is 3.15. The van der Waals surface area contributed by atoms with Gasteiger partial charge >= 0.3 is 0 Å². The normalized spacial score (nSPS) is 13.5. The zero-order chi connectivity index (χ0) is 7.72. The molecule has 1 atom stereocenters. The highest BCUT2D eigenvalue weighted by Gasteiger charge is 2.08. The summed E-state index contributed by atoms with van der Waals surface area (Å²) >= 11 is 4.97. The molecule has 1 aromatic rings. The SMILES string of the molecule is Cc1cc(S(=O)O)c(Cl)s1. The van der Waals surface area contributed by atoms with Crippen LogP contribution in [0.15, 0.2) is 11.0 Å². The maximum Gasteiger partial charge on any atom is 0.188 e. The van der Waals surface area contributed by atoms with Gasteiger partial charge in [-0.1, -0.05) is 11.6 Å². The van der Waals surface area contributed by atoms with Crippen molar-refractivity contribution in [3.8, 4) is 0 Å². The Kier molecular flexibility index (Phi) is 2.46. The number of hydrogen-bond acceptors (Lipinski definition) is 2. The van der Waals surface area contributed by atoms with Gasteiger partial charge in [0.1, 0.15) is 4.34 Å². The third-order valence-corrected chi connectivity index (χ3v) is 3.18. The molecule has 0 bridgehead atoms. The van der Waals surface area contributed by atoms with Crippen LogP contribution in [-0.2, 0) is 11.1 Å². The molecule has 0 saturated carbocycles. The second-order valence-corrected chi connectivity index (χ2v) is 4.54. The predicted molar refractivity (Wildman–Crippen MR) is 43.1 cm³/mol. The maximum atomic E-state index is 10.5. The molecule has 0 radical (unpaired) electrons. The molecule has 56 valence electrons. The highest BCUT2D eigenvalue weighted by Crippen LogP contribution is 2.28. The summed E-state index contributed by atoms with van der Waals surface area (Å²) < 4.78 is 19.5. The molecule has 10 heavy (non-hydrogen) atoms. The van der Waals surface area contributed by atoms with Crippen molar-refractivity contribution in [2.24, 2.45) is 0 Å². The lowest BCUT2D eigenvalue weighted by Crippen LogP contribution is -1.83. The molecule has 0 fully saturated rings. The van der Waals surface area contributed by atoms with Crippen LogP contribution in [0.3, 0.4) is 0 Å². The van der Waals surface area contributed by atoms with Crippen LogP contribution in [0.5, 0.6) is 0 Å². The van der Waals surface area contributed by atoms with Crippen LogP contribution in [0, 0.1) is 6.92 Å². The minimum atomic E-state index is -1.94. The van der Waals surface area contributed by atoms with E-state index in [0.29, 0.717) is 9.23 Å². The molecule has 0 aliphatic carbocycles. The summed E-state index contributed by atoms with van der Waals surface area (Å²) in [5.41, 5.74) is 0. The summed E-state index contributed by atoms with van der Waals surface area (Å²) in [5, 5.41) is 0. The molecular weight excluding hydrogens is 192 g/mol. The predicted octanol–water partition coefficient (Wildman–Crippen LogP) is 2.29. The van der Waals surface area contributed by atoms with E-state index in [-0.39, 0.29) is 0 Å². The quantitative estimate of drug-likeness (QED) is 0.700. The minimum Gasteiger partial charge on any atom is -0.302 e. The van der Waals surface area contributed by atoms with Crippen molar-refractivity contribution in [3.05, 3.63) is 15.3 Å². The molecule has 0 aliphatic heterocycles. The van der Waals surface area contributed by atoms with Gasteiger partial charge in [0.2, 0.25) is 0 Å². The van der Waals surface area contributed by atoms with E-state index in [1.54, 1.807) is 6.07 Å². The number of rotatable bonds is 1. The van der Waals surface area contributed by atoms with Crippen molar-refractivity contribution in [1.29, 1.82) is 0 Å². The molecule has 1 aromatic heterocycles. The van der Waals surface area contributed by atoms with Gasteiger partial charge in [0.05, 0.1) is 4.90 Å². The largest absolute Gasteiger partial charge is 0.302 e. The smallest absolute Gasteiger partial charge is 0.188 e. The first-order chi connectivity index (χ1) is 4.61. The fourth-order valence-electron chi connectivity index (χ4n) is 0.582. The molecule has 2 nitrogen and oxygen atoms in total. The van der Waals surface area contributed by atoms with Crippen molar-refractivity contribution < 1.29 is 8.76 Å². The van der Waals surface area contributed by atoms with Gasteiger partial charge in [-0.2, -0.15) is 0 Å². The Hall–Kier alpha value is 0.1000. The number of thiophene rings is 1. The zero-order valence-electron chi connectivity index (χ0n) is 5.13. The van der Waals surface area contributed by atoms with Crippen LogP contribution in [0.25, 0.3) is 0 Å². The van der Waals surface area contributed by atoms with Gasteiger partial charge in [0.25, 0.3) is 0 Å². The van der Waals surface area contributed by atoms with Crippen LogP contribution < -0.4 is 0 Å². The van der Waals surface area contributed by atoms with Gasteiger partial charge in [-0.05, 0) is 13.0 Å². The Morgan fingerprint density at radius 2 is 2.40 bits per heavy atom. The van der Waals surface area contributed by atoms with E-state index < -0.39 is 11.1 Å². The van der Waals surface area contributed by atoms with E-state index in [9.17, 15) is 4.21 Å². The second kappa shape index (κ2) is 3.00. The van der Waals surface area contributed by atoms with Crippen molar-refractivity contribution in [2.45, 2.75) is 11.8 Å². The lowest BCUT2D eigenvalue weighted by molar-refractivity contribution is 0.565. The molecule has 0 saturated heterocycles. The first-order valence-electron chi connectivity index (χ1n) is 2.48.